The third kappa shape index (κ3) is 4.90. The fourth-order valence-corrected chi connectivity index (χ4v) is 2.29. The topological polar surface area (TPSA) is 70.4 Å². The molecule has 26 heavy (non-hydrogen) atoms. The molecule has 0 aliphatic heterocycles. The Hall–Kier alpha value is -3.20. The van der Waals surface area contributed by atoms with Crippen LogP contribution in [0, 0.1) is 31.0 Å². The number of anilines is 1. The zero-order chi connectivity index (χ0) is 19.1. The van der Waals surface area contributed by atoms with E-state index in [0.717, 1.165) is 11.6 Å². The van der Waals surface area contributed by atoms with Crippen LogP contribution in [0.1, 0.15) is 27.9 Å². The van der Waals surface area contributed by atoms with E-state index < -0.39 is 24.3 Å². The number of ether oxygens (including phenoxy) is 1. The van der Waals surface area contributed by atoms with Crippen molar-refractivity contribution in [2.24, 2.45) is 0 Å². The molecule has 0 spiro atoms. The maximum atomic E-state index is 13.5. The van der Waals surface area contributed by atoms with E-state index in [-0.39, 0.29) is 18.5 Å². The van der Waals surface area contributed by atoms with Crippen LogP contribution in [0.15, 0.2) is 42.5 Å². The van der Waals surface area contributed by atoms with Gasteiger partial charge in [0.05, 0.1) is 18.1 Å². The van der Waals surface area contributed by atoms with Gasteiger partial charge in [-0.2, -0.15) is 5.26 Å². The number of hydrogen-bond acceptors (Lipinski definition) is 4. The lowest BCUT2D eigenvalue weighted by molar-refractivity contribution is -0.121. The molecule has 0 atom stereocenters. The van der Waals surface area contributed by atoms with Gasteiger partial charge in [-0.15, -0.1) is 0 Å². The molecule has 0 N–H and O–H groups in total. The molecular weight excluding hydrogens is 335 g/mol. The monoisotopic (exact) mass is 354 g/mol. The lowest BCUT2D eigenvalue weighted by Gasteiger charge is -2.21. The molecule has 0 fully saturated rings. The van der Waals surface area contributed by atoms with Crippen molar-refractivity contribution in [3.63, 3.8) is 0 Å². The van der Waals surface area contributed by atoms with Crippen molar-refractivity contribution in [3.05, 3.63) is 65.0 Å². The number of esters is 1. The first-order valence-electron chi connectivity index (χ1n) is 8.09. The van der Waals surface area contributed by atoms with Gasteiger partial charge in [-0.3, -0.25) is 4.79 Å². The van der Waals surface area contributed by atoms with Crippen LogP contribution in [0.4, 0.5) is 10.1 Å². The third-order valence-corrected chi connectivity index (χ3v) is 3.83. The number of nitriles is 1. The van der Waals surface area contributed by atoms with Crippen molar-refractivity contribution in [2.45, 2.75) is 20.3 Å². The predicted molar refractivity (Wildman–Crippen MR) is 95.2 cm³/mol. The van der Waals surface area contributed by atoms with E-state index in [0.29, 0.717) is 11.3 Å². The first-order valence-corrected chi connectivity index (χ1v) is 8.09. The summed E-state index contributed by atoms with van der Waals surface area (Å²) >= 11 is 0. The van der Waals surface area contributed by atoms with E-state index in [1.165, 1.54) is 17.0 Å². The van der Waals surface area contributed by atoms with Crippen LogP contribution in [0.25, 0.3) is 0 Å². The molecule has 0 aliphatic carbocycles. The van der Waals surface area contributed by atoms with E-state index in [2.05, 4.69) is 0 Å². The van der Waals surface area contributed by atoms with Crippen LogP contribution in [0.5, 0.6) is 0 Å². The quantitative estimate of drug-likeness (QED) is 0.744. The minimum Gasteiger partial charge on any atom is -0.452 e. The summed E-state index contributed by atoms with van der Waals surface area (Å²) in [5.41, 5.74) is 2.11. The molecule has 0 aliphatic rings. The summed E-state index contributed by atoms with van der Waals surface area (Å²) in [5, 5.41) is 8.79. The molecule has 134 valence electrons. The Bertz CT molecular complexity index is 841. The SMILES string of the molecule is Cc1ccc(N(CCC#N)C(=O)COC(=O)c2ccc(C)c(F)c2)cc1. The third-order valence-electron chi connectivity index (χ3n) is 3.83. The predicted octanol–water partition coefficient (Wildman–Crippen LogP) is 3.55. The lowest BCUT2D eigenvalue weighted by atomic mass is 10.1. The number of carbonyl (C=O) groups is 2. The van der Waals surface area contributed by atoms with Gasteiger partial charge in [-0.25, -0.2) is 9.18 Å². The number of amides is 1. The van der Waals surface area contributed by atoms with Crippen molar-refractivity contribution >= 4 is 17.6 Å². The van der Waals surface area contributed by atoms with Crippen LogP contribution >= 0.6 is 0 Å². The number of aryl methyl sites for hydroxylation is 2. The van der Waals surface area contributed by atoms with Gasteiger partial charge in [-0.1, -0.05) is 23.8 Å². The molecule has 6 heteroatoms. The summed E-state index contributed by atoms with van der Waals surface area (Å²) in [6, 6.07) is 13.2. The van der Waals surface area contributed by atoms with Crippen molar-refractivity contribution in [3.8, 4) is 6.07 Å². The van der Waals surface area contributed by atoms with Crippen LogP contribution < -0.4 is 4.90 Å². The molecule has 2 rings (SSSR count). The van der Waals surface area contributed by atoms with Crippen molar-refractivity contribution in [1.82, 2.24) is 0 Å². The Morgan fingerprint density at radius 3 is 2.46 bits per heavy atom. The standard InChI is InChI=1S/C20H19FN2O3/c1-14-4-8-17(9-5-14)23(11-3-10-22)19(24)13-26-20(25)16-7-6-15(2)18(21)12-16/h4-9,12H,3,11,13H2,1-2H3. The van der Waals surface area contributed by atoms with Crippen LogP contribution in [0.2, 0.25) is 0 Å². The van der Waals surface area contributed by atoms with Gasteiger partial charge in [0.15, 0.2) is 6.61 Å². The molecular formula is C20H19FN2O3. The molecule has 5 nitrogen and oxygen atoms in total. The summed E-state index contributed by atoms with van der Waals surface area (Å²) < 4.78 is 18.6. The van der Waals surface area contributed by atoms with Crippen molar-refractivity contribution in [2.75, 3.05) is 18.1 Å². The first kappa shape index (κ1) is 19.1. The van der Waals surface area contributed by atoms with Gasteiger partial charge in [0, 0.05) is 12.2 Å². The Balaban J connectivity index is 2.06. The van der Waals surface area contributed by atoms with E-state index in [9.17, 15) is 14.0 Å². The normalized spacial score (nSPS) is 10.1. The van der Waals surface area contributed by atoms with Crippen LogP contribution in [-0.4, -0.2) is 25.0 Å². The zero-order valence-corrected chi connectivity index (χ0v) is 14.7. The van der Waals surface area contributed by atoms with Crippen LogP contribution in [0.3, 0.4) is 0 Å². The van der Waals surface area contributed by atoms with E-state index in [1.54, 1.807) is 19.1 Å². The Kier molecular flexibility index (Phi) is 6.45. The number of halogens is 1. The van der Waals surface area contributed by atoms with Gasteiger partial charge in [0.1, 0.15) is 5.82 Å². The molecule has 0 saturated carbocycles. The average Bonchev–Trinajstić information content (AvgIpc) is 2.63. The molecule has 0 heterocycles. The number of benzene rings is 2. The second-order valence-electron chi connectivity index (χ2n) is 5.83. The summed E-state index contributed by atoms with van der Waals surface area (Å²) in [6.45, 7) is 3.21. The Labute approximate surface area is 151 Å². The molecule has 0 unspecified atom stereocenters. The van der Waals surface area contributed by atoms with Gasteiger partial charge in [0.2, 0.25) is 0 Å². The molecule has 0 bridgehead atoms. The molecule has 1 amide bonds. The summed E-state index contributed by atoms with van der Waals surface area (Å²) in [6.07, 6.45) is 0.150. The largest absolute Gasteiger partial charge is 0.452 e. The molecule has 2 aromatic carbocycles. The van der Waals surface area contributed by atoms with Gasteiger partial charge in [0.25, 0.3) is 5.91 Å². The maximum absolute atomic E-state index is 13.5. The molecule has 0 radical (unpaired) electrons. The fraction of sp³-hybridized carbons (Fsp3) is 0.250. The Morgan fingerprint density at radius 1 is 1.15 bits per heavy atom. The van der Waals surface area contributed by atoms with E-state index in [4.69, 9.17) is 10.00 Å². The summed E-state index contributed by atoms with van der Waals surface area (Å²) in [5.74, 6) is -1.74. The molecule has 2 aromatic rings. The van der Waals surface area contributed by atoms with Gasteiger partial charge < -0.3 is 9.64 Å². The van der Waals surface area contributed by atoms with E-state index >= 15 is 0 Å². The highest BCUT2D eigenvalue weighted by Gasteiger charge is 2.18. The highest BCUT2D eigenvalue weighted by Crippen LogP contribution is 2.16. The second kappa shape index (κ2) is 8.77. The highest BCUT2D eigenvalue weighted by atomic mass is 19.1. The summed E-state index contributed by atoms with van der Waals surface area (Å²) in [7, 11) is 0. The number of nitrogens with zero attached hydrogens (tertiary/aromatic N) is 2. The second-order valence-corrected chi connectivity index (χ2v) is 5.83. The first-order chi connectivity index (χ1) is 12.4. The minimum absolute atomic E-state index is 0.0415. The number of hydrogen-bond donors (Lipinski definition) is 0. The van der Waals surface area contributed by atoms with E-state index in [1.807, 2.05) is 25.1 Å². The fourth-order valence-electron chi connectivity index (χ4n) is 2.29. The lowest BCUT2D eigenvalue weighted by Crippen LogP contribution is -2.35. The Morgan fingerprint density at radius 2 is 1.85 bits per heavy atom. The minimum atomic E-state index is -0.776. The van der Waals surface area contributed by atoms with Crippen molar-refractivity contribution in [1.29, 1.82) is 5.26 Å². The molecule has 0 saturated heterocycles. The number of carbonyl (C=O) groups excluding carboxylic acids is 2. The summed E-state index contributed by atoms with van der Waals surface area (Å²) in [4.78, 5) is 25.9. The number of rotatable bonds is 6. The smallest absolute Gasteiger partial charge is 0.338 e. The zero-order valence-electron chi connectivity index (χ0n) is 14.7. The average molecular weight is 354 g/mol. The van der Waals surface area contributed by atoms with Crippen molar-refractivity contribution < 1.29 is 18.7 Å². The van der Waals surface area contributed by atoms with Gasteiger partial charge in [-0.05, 0) is 43.7 Å². The highest BCUT2D eigenvalue weighted by molar-refractivity contribution is 5.97. The maximum Gasteiger partial charge on any atom is 0.338 e. The van der Waals surface area contributed by atoms with Gasteiger partial charge >= 0.3 is 5.97 Å². The molecule has 0 aromatic heterocycles. The van der Waals surface area contributed by atoms with Crippen LogP contribution in [-0.2, 0) is 9.53 Å².